The van der Waals surface area contributed by atoms with Crippen LogP contribution in [0, 0.1) is 18.3 Å². The lowest BCUT2D eigenvalue weighted by Gasteiger charge is -2.21. The number of nitriles is 1. The summed E-state index contributed by atoms with van der Waals surface area (Å²) in [6.45, 7) is 8.56. The van der Waals surface area contributed by atoms with Crippen molar-refractivity contribution in [2.45, 2.75) is 39.7 Å². The zero-order valence-corrected chi connectivity index (χ0v) is 11.8. The first-order valence-electron chi connectivity index (χ1n) is 6.14. The topological polar surface area (TPSA) is 64.8 Å². The Morgan fingerprint density at radius 3 is 2.67 bits per heavy atom. The van der Waals surface area contributed by atoms with E-state index in [1.165, 1.54) is 0 Å². The summed E-state index contributed by atoms with van der Waals surface area (Å²) in [7, 11) is 2.00. The molecule has 98 valence electrons. The Morgan fingerprint density at radius 2 is 2.11 bits per heavy atom. The quantitative estimate of drug-likeness (QED) is 0.865. The van der Waals surface area contributed by atoms with Crippen molar-refractivity contribution in [3.05, 3.63) is 11.9 Å². The average molecular weight is 247 g/mol. The van der Waals surface area contributed by atoms with Crippen molar-refractivity contribution in [3.63, 3.8) is 0 Å². The summed E-state index contributed by atoms with van der Waals surface area (Å²) >= 11 is 0. The van der Waals surface area contributed by atoms with Gasteiger partial charge in [-0.25, -0.2) is 9.97 Å². The third-order valence-corrected chi connectivity index (χ3v) is 2.49. The van der Waals surface area contributed by atoms with Crippen molar-refractivity contribution in [2.24, 2.45) is 0 Å². The molecule has 0 spiro atoms. The SMILES string of the molecule is CCCN(C)c1cc(NC(C)(C)C#N)nc(C)n1. The minimum atomic E-state index is -0.638. The number of anilines is 2. The summed E-state index contributed by atoms with van der Waals surface area (Å²) in [5.74, 6) is 2.26. The molecule has 0 bridgehead atoms. The molecule has 5 heteroatoms. The molecule has 5 nitrogen and oxygen atoms in total. The van der Waals surface area contributed by atoms with Crippen LogP contribution in [0.5, 0.6) is 0 Å². The van der Waals surface area contributed by atoms with Gasteiger partial charge in [-0.1, -0.05) is 6.92 Å². The second-order valence-corrected chi connectivity index (χ2v) is 4.94. The molecule has 0 saturated heterocycles. The molecule has 1 N–H and O–H groups in total. The highest BCUT2D eigenvalue weighted by Crippen LogP contribution is 2.18. The summed E-state index contributed by atoms with van der Waals surface area (Å²) in [6, 6.07) is 4.07. The van der Waals surface area contributed by atoms with E-state index in [-0.39, 0.29) is 0 Å². The van der Waals surface area contributed by atoms with E-state index in [4.69, 9.17) is 5.26 Å². The van der Waals surface area contributed by atoms with E-state index in [0.717, 1.165) is 18.8 Å². The zero-order valence-electron chi connectivity index (χ0n) is 11.8. The van der Waals surface area contributed by atoms with E-state index in [1.807, 2.05) is 33.9 Å². The van der Waals surface area contributed by atoms with Crippen molar-refractivity contribution in [2.75, 3.05) is 23.8 Å². The minimum Gasteiger partial charge on any atom is -0.360 e. The van der Waals surface area contributed by atoms with E-state index in [2.05, 4.69) is 33.2 Å². The highest BCUT2D eigenvalue weighted by atomic mass is 15.2. The molecule has 1 heterocycles. The van der Waals surface area contributed by atoms with Gasteiger partial charge in [-0.15, -0.1) is 0 Å². The van der Waals surface area contributed by atoms with Crippen LogP contribution in [-0.2, 0) is 0 Å². The Hall–Kier alpha value is -1.83. The van der Waals surface area contributed by atoms with Crippen LogP contribution in [0.15, 0.2) is 6.07 Å². The molecule has 18 heavy (non-hydrogen) atoms. The molecular formula is C13H21N5. The van der Waals surface area contributed by atoms with Gasteiger partial charge in [0, 0.05) is 19.7 Å². The molecule has 0 aliphatic heterocycles. The Bertz CT molecular complexity index is 447. The molecule has 0 fully saturated rings. The van der Waals surface area contributed by atoms with Crippen LogP contribution in [0.2, 0.25) is 0 Å². The molecule has 0 atom stereocenters. The van der Waals surface area contributed by atoms with Gasteiger partial charge in [0.15, 0.2) is 0 Å². The smallest absolute Gasteiger partial charge is 0.134 e. The second-order valence-electron chi connectivity index (χ2n) is 4.94. The lowest BCUT2D eigenvalue weighted by Crippen LogP contribution is -2.29. The molecule has 0 amide bonds. The van der Waals surface area contributed by atoms with Gasteiger partial charge in [-0.3, -0.25) is 0 Å². The molecule has 1 aromatic heterocycles. The Morgan fingerprint density at radius 1 is 1.44 bits per heavy atom. The first-order valence-corrected chi connectivity index (χ1v) is 6.14. The van der Waals surface area contributed by atoms with Crippen LogP contribution in [0.1, 0.15) is 33.0 Å². The highest BCUT2D eigenvalue weighted by molar-refractivity contribution is 5.50. The van der Waals surface area contributed by atoms with Gasteiger partial charge in [0.2, 0.25) is 0 Å². The summed E-state index contributed by atoms with van der Waals surface area (Å²) in [4.78, 5) is 10.8. The predicted molar refractivity (Wildman–Crippen MR) is 73.6 cm³/mol. The fourth-order valence-corrected chi connectivity index (χ4v) is 1.61. The van der Waals surface area contributed by atoms with Crippen LogP contribution in [0.3, 0.4) is 0 Å². The van der Waals surface area contributed by atoms with Crippen molar-refractivity contribution in [3.8, 4) is 6.07 Å². The number of hydrogen-bond acceptors (Lipinski definition) is 5. The number of nitrogens with one attached hydrogen (secondary N) is 1. The highest BCUT2D eigenvalue weighted by Gasteiger charge is 2.17. The zero-order chi connectivity index (χ0) is 13.8. The standard InChI is InChI=1S/C13H21N5/c1-6-7-18(5)12-8-11(15-10(2)16-12)17-13(3,4)9-14/h8H,6-7H2,1-5H3,(H,15,16,17). The molecular weight excluding hydrogens is 226 g/mol. The summed E-state index contributed by atoms with van der Waals surface area (Å²) in [5, 5.41) is 12.1. The molecule has 0 aliphatic carbocycles. The number of nitrogens with zero attached hydrogens (tertiary/aromatic N) is 4. The van der Waals surface area contributed by atoms with Gasteiger partial charge in [0.1, 0.15) is 23.0 Å². The molecule has 0 aliphatic rings. The summed E-state index contributed by atoms with van der Waals surface area (Å²) in [5.41, 5.74) is -0.638. The average Bonchev–Trinajstić information content (AvgIpc) is 2.28. The van der Waals surface area contributed by atoms with Crippen molar-refractivity contribution < 1.29 is 0 Å². The van der Waals surface area contributed by atoms with Gasteiger partial charge in [0.05, 0.1) is 6.07 Å². The van der Waals surface area contributed by atoms with Gasteiger partial charge < -0.3 is 10.2 Å². The lowest BCUT2D eigenvalue weighted by molar-refractivity contribution is 0.720. The van der Waals surface area contributed by atoms with Crippen molar-refractivity contribution in [1.29, 1.82) is 5.26 Å². The summed E-state index contributed by atoms with van der Waals surface area (Å²) < 4.78 is 0. The Kier molecular flexibility index (Phi) is 4.49. The largest absolute Gasteiger partial charge is 0.360 e. The molecule has 0 saturated carbocycles. The number of aryl methyl sites for hydroxylation is 1. The Balaban J connectivity index is 2.98. The Labute approximate surface area is 109 Å². The monoisotopic (exact) mass is 247 g/mol. The molecule has 1 aromatic rings. The normalized spacial score (nSPS) is 10.9. The minimum absolute atomic E-state index is 0.638. The van der Waals surface area contributed by atoms with E-state index in [0.29, 0.717) is 11.6 Å². The van der Waals surface area contributed by atoms with Crippen LogP contribution < -0.4 is 10.2 Å². The maximum absolute atomic E-state index is 9.02. The fourth-order valence-electron chi connectivity index (χ4n) is 1.61. The van der Waals surface area contributed by atoms with Gasteiger partial charge in [0.25, 0.3) is 0 Å². The molecule has 0 unspecified atom stereocenters. The maximum Gasteiger partial charge on any atom is 0.134 e. The third-order valence-electron chi connectivity index (χ3n) is 2.49. The summed E-state index contributed by atoms with van der Waals surface area (Å²) in [6.07, 6.45) is 1.06. The number of rotatable bonds is 5. The number of hydrogen-bond donors (Lipinski definition) is 1. The number of aromatic nitrogens is 2. The molecule has 0 aromatic carbocycles. The van der Waals surface area contributed by atoms with Gasteiger partial charge in [-0.05, 0) is 27.2 Å². The molecule has 1 rings (SSSR count). The van der Waals surface area contributed by atoms with Crippen LogP contribution in [0.4, 0.5) is 11.6 Å². The first kappa shape index (κ1) is 14.2. The van der Waals surface area contributed by atoms with E-state index in [1.54, 1.807) is 0 Å². The van der Waals surface area contributed by atoms with Crippen LogP contribution in [0.25, 0.3) is 0 Å². The van der Waals surface area contributed by atoms with Gasteiger partial charge >= 0.3 is 0 Å². The van der Waals surface area contributed by atoms with E-state index < -0.39 is 5.54 Å². The van der Waals surface area contributed by atoms with Gasteiger partial charge in [-0.2, -0.15) is 5.26 Å². The van der Waals surface area contributed by atoms with Crippen molar-refractivity contribution >= 4 is 11.6 Å². The lowest BCUT2D eigenvalue weighted by atomic mass is 10.1. The second kappa shape index (κ2) is 5.67. The van der Waals surface area contributed by atoms with Crippen LogP contribution >= 0.6 is 0 Å². The van der Waals surface area contributed by atoms with Crippen LogP contribution in [-0.4, -0.2) is 29.1 Å². The van der Waals surface area contributed by atoms with E-state index in [9.17, 15) is 0 Å². The maximum atomic E-state index is 9.02. The van der Waals surface area contributed by atoms with Crippen molar-refractivity contribution in [1.82, 2.24) is 9.97 Å². The first-order chi connectivity index (χ1) is 8.38. The third kappa shape index (κ3) is 3.88. The predicted octanol–water partition coefficient (Wildman–Crippen LogP) is 2.35. The fraction of sp³-hybridized carbons (Fsp3) is 0.615. The molecule has 0 radical (unpaired) electrons. The van der Waals surface area contributed by atoms with E-state index >= 15 is 0 Å².